The lowest BCUT2D eigenvalue weighted by atomic mass is 10.0. The monoisotopic (exact) mass is 454 g/mol. The van der Waals surface area contributed by atoms with Crippen LogP contribution in [-0.4, -0.2) is 25.2 Å². The highest BCUT2D eigenvalue weighted by Crippen LogP contribution is 2.13. The number of hydrogen-bond acceptors (Lipinski definition) is 4. The molecular weight excluding hydrogens is 400 g/mol. The molecule has 4 nitrogen and oxygen atoms in total. The quantitative estimate of drug-likeness (QED) is 0.108. The first-order chi connectivity index (χ1) is 15.6. The van der Waals surface area contributed by atoms with E-state index in [1.54, 1.807) is 0 Å². The smallest absolute Gasteiger partial charge is 0.305 e. The maximum atomic E-state index is 11.8. The molecule has 190 valence electrons. The van der Waals surface area contributed by atoms with Crippen molar-refractivity contribution in [2.75, 3.05) is 13.2 Å². The van der Waals surface area contributed by atoms with E-state index in [1.165, 1.54) is 77.0 Å². The van der Waals surface area contributed by atoms with Gasteiger partial charge in [0.2, 0.25) is 0 Å². The van der Waals surface area contributed by atoms with Crippen LogP contribution in [-0.2, 0) is 19.1 Å². The van der Waals surface area contributed by atoms with E-state index in [0.717, 1.165) is 38.5 Å². The number of carbonyl (C=O) groups is 2. The number of esters is 2. The maximum Gasteiger partial charge on any atom is 0.305 e. The van der Waals surface area contributed by atoms with Crippen molar-refractivity contribution in [3.63, 3.8) is 0 Å². The summed E-state index contributed by atoms with van der Waals surface area (Å²) in [5, 5.41) is 0. The van der Waals surface area contributed by atoms with Crippen LogP contribution in [0.1, 0.15) is 149 Å². The van der Waals surface area contributed by atoms with Crippen molar-refractivity contribution in [2.24, 2.45) is 5.92 Å². The van der Waals surface area contributed by atoms with E-state index in [1.807, 2.05) is 0 Å². The van der Waals surface area contributed by atoms with Crippen molar-refractivity contribution < 1.29 is 19.1 Å². The molecule has 0 radical (unpaired) electrons. The Kier molecular flexibility index (Phi) is 23.8. The van der Waals surface area contributed by atoms with E-state index in [9.17, 15) is 9.59 Å². The van der Waals surface area contributed by atoms with E-state index in [-0.39, 0.29) is 11.9 Å². The lowest BCUT2D eigenvalue weighted by Crippen LogP contribution is -2.11. The van der Waals surface area contributed by atoms with Gasteiger partial charge in [-0.1, -0.05) is 117 Å². The minimum atomic E-state index is -0.120. The molecule has 1 unspecified atom stereocenters. The fourth-order valence-corrected chi connectivity index (χ4v) is 3.70. The van der Waals surface area contributed by atoms with Crippen LogP contribution < -0.4 is 0 Å². The molecule has 0 aromatic rings. The van der Waals surface area contributed by atoms with Crippen LogP contribution in [0.2, 0.25) is 0 Å². The van der Waals surface area contributed by atoms with Crippen LogP contribution >= 0.6 is 0 Å². The molecule has 0 aromatic carbocycles. The molecule has 0 saturated carbocycles. The van der Waals surface area contributed by atoms with Crippen LogP contribution in [0.4, 0.5) is 0 Å². The van der Waals surface area contributed by atoms with Crippen molar-refractivity contribution in [1.82, 2.24) is 0 Å². The summed E-state index contributed by atoms with van der Waals surface area (Å²) in [6, 6.07) is 0. The van der Waals surface area contributed by atoms with Crippen LogP contribution in [0.25, 0.3) is 0 Å². The summed E-state index contributed by atoms with van der Waals surface area (Å²) in [6.07, 6.45) is 23.0. The summed E-state index contributed by atoms with van der Waals surface area (Å²) in [5.41, 5.74) is 0. The molecule has 0 N–H and O–H groups in total. The zero-order valence-electron chi connectivity index (χ0n) is 21.8. The van der Waals surface area contributed by atoms with Crippen molar-refractivity contribution in [1.29, 1.82) is 0 Å². The topological polar surface area (TPSA) is 52.6 Å². The van der Waals surface area contributed by atoms with Crippen molar-refractivity contribution in [3.8, 4) is 0 Å². The number of hydrogen-bond donors (Lipinski definition) is 0. The first kappa shape index (κ1) is 30.9. The van der Waals surface area contributed by atoms with E-state index < -0.39 is 0 Å². The Morgan fingerprint density at radius 3 is 1.44 bits per heavy atom. The maximum absolute atomic E-state index is 11.8. The molecule has 0 spiro atoms. The summed E-state index contributed by atoms with van der Waals surface area (Å²) in [7, 11) is 0. The Hall–Kier alpha value is -1.06. The number of ether oxygens (including phenoxy) is 2. The van der Waals surface area contributed by atoms with Gasteiger partial charge in [-0.15, -0.1) is 0 Å². The normalized spacial score (nSPS) is 12.0. The van der Waals surface area contributed by atoms with Crippen molar-refractivity contribution in [2.45, 2.75) is 149 Å². The molecule has 0 fully saturated rings. The second-order valence-corrected chi connectivity index (χ2v) is 9.57. The third-order valence-corrected chi connectivity index (χ3v) is 6.25. The second kappa shape index (κ2) is 24.6. The van der Waals surface area contributed by atoms with Crippen LogP contribution in [0.3, 0.4) is 0 Å². The Bertz CT molecular complexity index is 422. The van der Waals surface area contributed by atoms with Crippen LogP contribution in [0, 0.1) is 5.92 Å². The first-order valence-electron chi connectivity index (χ1n) is 13.9. The largest absolute Gasteiger partial charge is 0.466 e. The summed E-state index contributed by atoms with van der Waals surface area (Å²) in [4.78, 5) is 23.4. The molecule has 32 heavy (non-hydrogen) atoms. The minimum absolute atomic E-state index is 0.0981. The van der Waals surface area contributed by atoms with E-state index in [4.69, 9.17) is 9.47 Å². The van der Waals surface area contributed by atoms with Crippen LogP contribution in [0.5, 0.6) is 0 Å². The Labute approximate surface area is 199 Å². The van der Waals surface area contributed by atoms with Gasteiger partial charge >= 0.3 is 11.9 Å². The summed E-state index contributed by atoms with van der Waals surface area (Å²) in [5.74, 6) is 0.207. The number of unbranched alkanes of at least 4 members (excludes halogenated alkanes) is 15. The SMILES string of the molecule is CCCCCCCCCCCCCCCCOC(=O)CCCCCC(=O)OCC(C)CC. The highest BCUT2D eigenvalue weighted by molar-refractivity contribution is 5.69. The predicted octanol–water partition coefficient (Wildman–Crippen LogP) is 8.55. The molecule has 0 rings (SSSR count). The van der Waals surface area contributed by atoms with E-state index in [2.05, 4.69) is 20.8 Å². The van der Waals surface area contributed by atoms with Gasteiger partial charge in [-0.3, -0.25) is 9.59 Å². The minimum Gasteiger partial charge on any atom is -0.466 e. The Morgan fingerprint density at radius 2 is 0.969 bits per heavy atom. The molecule has 0 aliphatic heterocycles. The highest BCUT2D eigenvalue weighted by Gasteiger charge is 2.07. The highest BCUT2D eigenvalue weighted by atomic mass is 16.5. The van der Waals surface area contributed by atoms with Gasteiger partial charge in [0.1, 0.15) is 0 Å². The Balaban J connectivity index is 3.26. The Morgan fingerprint density at radius 1 is 0.562 bits per heavy atom. The molecule has 0 aromatic heterocycles. The molecule has 0 aliphatic carbocycles. The van der Waals surface area contributed by atoms with Gasteiger partial charge in [0, 0.05) is 12.8 Å². The van der Waals surface area contributed by atoms with Gasteiger partial charge in [-0.25, -0.2) is 0 Å². The van der Waals surface area contributed by atoms with E-state index in [0.29, 0.717) is 32.0 Å². The van der Waals surface area contributed by atoms with Gasteiger partial charge in [0.15, 0.2) is 0 Å². The first-order valence-corrected chi connectivity index (χ1v) is 13.9. The molecular formula is C28H54O4. The van der Waals surface area contributed by atoms with Gasteiger partial charge in [-0.2, -0.15) is 0 Å². The van der Waals surface area contributed by atoms with Gasteiger partial charge in [-0.05, 0) is 25.2 Å². The third-order valence-electron chi connectivity index (χ3n) is 6.25. The zero-order valence-corrected chi connectivity index (χ0v) is 21.8. The molecule has 0 saturated heterocycles. The molecule has 0 amide bonds. The molecule has 0 heterocycles. The van der Waals surface area contributed by atoms with Crippen molar-refractivity contribution >= 4 is 11.9 Å². The second-order valence-electron chi connectivity index (χ2n) is 9.57. The fraction of sp³-hybridized carbons (Fsp3) is 0.929. The van der Waals surface area contributed by atoms with Gasteiger partial charge < -0.3 is 9.47 Å². The standard InChI is InChI=1S/C28H54O4/c1-4-6-7-8-9-10-11-12-13-14-15-16-17-21-24-31-27(29)22-19-18-20-23-28(30)32-25-26(3)5-2/h26H,4-25H2,1-3H3. The molecule has 1 atom stereocenters. The average molecular weight is 455 g/mol. The molecule has 0 bridgehead atoms. The van der Waals surface area contributed by atoms with Gasteiger partial charge in [0.25, 0.3) is 0 Å². The van der Waals surface area contributed by atoms with E-state index >= 15 is 0 Å². The van der Waals surface area contributed by atoms with Gasteiger partial charge in [0.05, 0.1) is 13.2 Å². The third kappa shape index (κ3) is 23.6. The average Bonchev–Trinajstić information content (AvgIpc) is 2.79. The summed E-state index contributed by atoms with van der Waals surface area (Å²) in [6.45, 7) is 7.52. The lowest BCUT2D eigenvalue weighted by molar-refractivity contribution is -0.145. The lowest BCUT2D eigenvalue weighted by Gasteiger charge is -2.09. The fourth-order valence-electron chi connectivity index (χ4n) is 3.70. The molecule has 0 aliphatic rings. The summed E-state index contributed by atoms with van der Waals surface area (Å²) < 4.78 is 10.6. The summed E-state index contributed by atoms with van der Waals surface area (Å²) >= 11 is 0. The predicted molar refractivity (Wildman–Crippen MR) is 135 cm³/mol. The van der Waals surface area contributed by atoms with Crippen LogP contribution in [0.15, 0.2) is 0 Å². The number of carbonyl (C=O) groups excluding carboxylic acids is 2. The number of rotatable bonds is 24. The zero-order chi connectivity index (χ0) is 23.7. The van der Waals surface area contributed by atoms with Crippen molar-refractivity contribution in [3.05, 3.63) is 0 Å². The molecule has 4 heteroatoms.